The molecule has 0 spiro atoms. The molecule has 0 aromatic heterocycles. The Kier molecular flexibility index (Phi) is 12.5. The molecule has 0 radical (unpaired) electrons. The van der Waals surface area contributed by atoms with Crippen LogP contribution in [0.1, 0.15) is 51.7 Å². The molecule has 0 saturated carbocycles. The number of phenols is 1. The van der Waals surface area contributed by atoms with Gasteiger partial charge >= 0.3 is 5.97 Å². The highest BCUT2D eigenvalue weighted by Crippen LogP contribution is 2.21. The van der Waals surface area contributed by atoms with E-state index in [9.17, 15) is 34.2 Å². The lowest BCUT2D eigenvalue weighted by Crippen LogP contribution is -2.59. The van der Waals surface area contributed by atoms with Crippen LogP contribution in [0.2, 0.25) is 0 Å². The number of aromatic hydroxyl groups is 1. The molecular formula is C33H45N5O7. The fourth-order valence-electron chi connectivity index (χ4n) is 5.21. The maximum absolute atomic E-state index is 13.7. The molecular weight excluding hydrogens is 578 g/mol. The highest BCUT2D eigenvalue weighted by molar-refractivity contribution is 5.96. The van der Waals surface area contributed by atoms with Gasteiger partial charge in [0, 0.05) is 19.4 Å². The van der Waals surface area contributed by atoms with Crippen molar-refractivity contribution in [3.8, 4) is 5.75 Å². The second kappa shape index (κ2) is 16.0. The van der Waals surface area contributed by atoms with Crippen LogP contribution in [0.15, 0.2) is 54.6 Å². The summed E-state index contributed by atoms with van der Waals surface area (Å²) in [5.41, 5.74) is 7.33. The first-order chi connectivity index (χ1) is 21.3. The van der Waals surface area contributed by atoms with Gasteiger partial charge in [0.05, 0.1) is 6.04 Å². The van der Waals surface area contributed by atoms with Gasteiger partial charge in [-0.15, -0.1) is 0 Å². The summed E-state index contributed by atoms with van der Waals surface area (Å²) in [7, 11) is 0. The minimum atomic E-state index is -1.30. The van der Waals surface area contributed by atoms with Gasteiger partial charge in [-0.1, -0.05) is 70.2 Å². The molecule has 1 aliphatic heterocycles. The molecule has 7 N–H and O–H groups in total. The molecule has 1 aliphatic rings. The van der Waals surface area contributed by atoms with Crippen molar-refractivity contribution < 1.29 is 34.2 Å². The zero-order valence-corrected chi connectivity index (χ0v) is 26.2. The van der Waals surface area contributed by atoms with Crippen molar-refractivity contribution in [2.75, 3.05) is 6.54 Å². The minimum absolute atomic E-state index is 0.0287. The lowest BCUT2D eigenvalue weighted by Gasteiger charge is -2.32. The number of benzene rings is 2. The topological polar surface area (TPSA) is 191 Å². The first-order valence-corrected chi connectivity index (χ1v) is 15.3. The summed E-state index contributed by atoms with van der Waals surface area (Å²) < 4.78 is 0. The second-order valence-corrected chi connectivity index (χ2v) is 12.2. The largest absolute Gasteiger partial charge is 0.508 e. The van der Waals surface area contributed by atoms with Crippen molar-refractivity contribution in [3.63, 3.8) is 0 Å². The van der Waals surface area contributed by atoms with E-state index in [-0.39, 0.29) is 30.4 Å². The Balaban J connectivity index is 1.79. The van der Waals surface area contributed by atoms with Crippen LogP contribution in [0, 0.1) is 11.8 Å². The van der Waals surface area contributed by atoms with Crippen molar-refractivity contribution in [2.45, 2.75) is 83.6 Å². The van der Waals surface area contributed by atoms with E-state index in [1.807, 2.05) is 19.9 Å². The van der Waals surface area contributed by atoms with Gasteiger partial charge in [-0.3, -0.25) is 19.2 Å². The van der Waals surface area contributed by atoms with E-state index in [0.29, 0.717) is 24.9 Å². The number of nitrogens with two attached hydrogens (primary N) is 1. The van der Waals surface area contributed by atoms with Gasteiger partial charge in [0.15, 0.2) is 0 Å². The van der Waals surface area contributed by atoms with Crippen molar-refractivity contribution in [3.05, 3.63) is 65.7 Å². The van der Waals surface area contributed by atoms with Gasteiger partial charge in [0.25, 0.3) is 0 Å². The van der Waals surface area contributed by atoms with Gasteiger partial charge in [-0.05, 0) is 47.9 Å². The average molecular weight is 624 g/mol. The molecule has 0 unspecified atom stereocenters. The van der Waals surface area contributed by atoms with Gasteiger partial charge in [0.1, 0.15) is 29.9 Å². The molecule has 0 bridgehead atoms. The molecule has 3 rings (SSSR count). The molecule has 1 heterocycles. The lowest BCUT2D eigenvalue weighted by atomic mass is 9.99. The number of phenolic OH excluding ortho intramolecular Hbond substituents is 1. The Morgan fingerprint density at radius 3 is 2.00 bits per heavy atom. The summed E-state index contributed by atoms with van der Waals surface area (Å²) in [5, 5.41) is 27.5. The number of carboxylic acid groups (broad SMARTS) is 1. The lowest BCUT2D eigenvalue weighted by molar-refractivity contribution is -0.144. The van der Waals surface area contributed by atoms with Crippen LogP contribution in [-0.2, 0) is 36.8 Å². The van der Waals surface area contributed by atoms with Crippen LogP contribution in [0.25, 0.3) is 0 Å². The van der Waals surface area contributed by atoms with Gasteiger partial charge in [-0.25, -0.2) is 4.79 Å². The first kappa shape index (κ1) is 35.0. The standard InChI is InChI=1S/C33H45N5O7/c1-19(2)27(34)31(42)37-28(20(3)4)32(43)38-16-8-11-26(38)30(41)35-24(17-21-9-6-5-7-10-21)29(40)36-25(33(44)45)18-22-12-14-23(39)15-13-22/h5-7,9-10,12-15,19-20,24-28,39H,8,11,16-18,34H2,1-4H3,(H,35,41)(H,36,40)(H,37,42)(H,44,45)/t24-,25-,26-,27-,28-/m0/s1. The molecule has 0 aliphatic carbocycles. The molecule has 2 aromatic rings. The molecule has 45 heavy (non-hydrogen) atoms. The van der Waals surface area contributed by atoms with Crippen molar-refractivity contribution in [1.82, 2.24) is 20.9 Å². The third kappa shape index (κ3) is 9.77. The SMILES string of the molecule is CC(C)[C@H](N)C(=O)N[C@H](C(=O)N1CCC[C@H]1C(=O)N[C@@H](Cc1ccccc1)C(=O)N[C@@H](Cc1ccc(O)cc1)C(=O)O)C(C)C. The van der Waals surface area contributed by atoms with E-state index in [2.05, 4.69) is 16.0 Å². The second-order valence-electron chi connectivity index (χ2n) is 12.2. The number of carbonyl (C=O) groups is 5. The van der Waals surface area contributed by atoms with Crippen LogP contribution >= 0.6 is 0 Å². The van der Waals surface area contributed by atoms with E-state index < -0.39 is 59.8 Å². The summed E-state index contributed by atoms with van der Waals surface area (Å²) >= 11 is 0. The minimum Gasteiger partial charge on any atom is -0.508 e. The zero-order chi connectivity index (χ0) is 33.3. The van der Waals surface area contributed by atoms with E-state index in [1.165, 1.54) is 17.0 Å². The van der Waals surface area contributed by atoms with E-state index in [0.717, 1.165) is 5.56 Å². The normalized spacial score (nSPS) is 17.3. The van der Waals surface area contributed by atoms with Crippen LogP contribution in [0.5, 0.6) is 5.75 Å². The number of aliphatic carboxylic acids is 1. The molecule has 1 saturated heterocycles. The molecule has 5 atom stereocenters. The Bertz CT molecular complexity index is 1330. The molecule has 4 amide bonds. The molecule has 12 nitrogen and oxygen atoms in total. The Labute approximate surface area is 263 Å². The number of rotatable bonds is 14. The fraction of sp³-hybridized carbons (Fsp3) is 0.485. The highest BCUT2D eigenvalue weighted by atomic mass is 16.4. The monoisotopic (exact) mass is 623 g/mol. The van der Waals surface area contributed by atoms with E-state index in [4.69, 9.17) is 5.73 Å². The number of carboxylic acids is 1. The number of likely N-dealkylation sites (tertiary alicyclic amines) is 1. The Morgan fingerprint density at radius 2 is 1.42 bits per heavy atom. The van der Waals surface area contributed by atoms with E-state index >= 15 is 0 Å². The predicted molar refractivity (Wildman–Crippen MR) is 168 cm³/mol. The molecule has 2 aromatic carbocycles. The van der Waals surface area contributed by atoms with Crippen molar-refractivity contribution in [2.24, 2.45) is 17.6 Å². The van der Waals surface area contributed by atoms with Gasteiger partial charge in [0.2, 0.25) is 23.6 Å². The number of carbonyl (C=O) groups excluding carboxylic acids is 4. The number of amides is 4. The summed E-state index contributed by atoms with van der Waals surface area (Å²) in [5.74, 6) is -3.73. The quantitative estimate of drug-likeness (QED) is 0.182. The van der Waals surface area contributed by atoms with Crippen LogP contribution < -0.4 is 21.7 Å². The number of hydrogen-bond donors (Lipinski definition) is 6. The summed E-state index contributed by atoms with van der Waals surface area (Å²) in [6.07, 6.45) is 0.959. The van der Waals surface area contributed by atoms with Crippen LogP contribution in [0.4, 0.5) is 0 Å². The van der Waals surface area contributed by atoms with Crippen molar-refractivity contribution in [1.29, 1.82) is 0 Å². The smallest absolute Gasteiger partial charge is 0.326 e. The van der Waals surface area contributed by atoms with Crippen molar-refractivity contribution >= 4 is 29.6 Å². The van der Waals surface area contributed by atoms with Crippen LogP contribution in [-0.4, -0.2) is 81.5 Å². The highest BCUT2D eigenvalue weighted by Gasteiger charge is 2.40. The summed E-state index contributed by atoms with van der Waals surface area (Å²) in [4.78, 5) is 67.1. The third-order valence-corrected chi connectivity index (χ3v) is 8.00. The molecule has 244 valence electrons. The Hall–Kier alpha value is -4.45. The third-order valence-electron chi connectivity index (χ3n) is 8.00. The average Bonchev–Trinajstić information content (AvgIpc) is 3.50. The maximum atomic E-state index is 13.7. The molecule has 12 heteroatoms. The number of nitrogens with zero attached hydrogens (tertiary/aromatic N) is 1. The Morgan fingerprint density at radius 1 is 0.822 bits per heavy atom. The zero-order valence-electron chi connectivity index (χ0n) is 26.2. The van der Waals surface area contributed by atoms with Gasteiger partial charge < -0.3 is 36.8 Å². The maximum Gasteiger partial charge on any atom is 0.326 e. The predicted octanol–water partition coefficient (Wildman–Crippen LogP) is 1.35. The number of nitrogens with one attached hydrogen (secondary N) is 3. The number of hydrogen-bond acceptors (Lipinski definition) is 7. The summed E-state index contributed by atoms with van der Waals surface area (Å²) in [6.45, 7) is 7.52. The fourth-order valence-corrected chi connectivity index (χ4v) is 5.21. The molecule has 1 fully saturated rings. The van der Waals surface area contributed by atoms with Crippen LogP contribution in [0.3, 0.4) is 0 Å². The summed E-state index contributed by atoms with van der Waals surface area (Å²) in [6, 6.07) is 9.97. The first-order valence-electron chi connectivity index (χ1n) is 15.3. The van der Waals surface area contributed by atoms with E-state index in [1.54, 1.807) is 50.2 Å². The van der Waals surface area contributed by atoms with Gasteiger partial charge in [-0.2, -0.15) is 0 Å².